The molecule has 0 aromatic heterocycles. The van der Waals surface area contributed by atoms with E-state index >= 15 is 0 Å². The van der Waals surface area contributed by atoms with Crippen molar-refractivity contribution in [3.05, 3.63) is 29.3 Å². The number of nitrogens with zero attached hydrogens (tertiary/aromatic N) is 1. The second kappa shape index (κ2) is 4.87. The Morgan fingerprint density at radius 1 is 1.26 bits per heavy atom. The van der Waals surface area contributed by atoms with Crippen LogP contribution in [0.5, 0.6) is 0 Å². The van der Waals surface area contributed by atoms with E-state index in [4.69, 9.17) is 0 Å². The quantitative estimate of drug-likeness (QED) is 0.782. The Labute approximate surface area is 108 Å². The van der Waals surface area contributed by atoms with Crippen LogP contribution in [0.1, 0.15) is 30.1 Å². The maximum Gasteiger partial charge on any atom is 0.300 e. The van der Waals surface area contributed by atoms with Gasteiger partial charge in [-0.15, -0.1) is 0 Å². The molecule has 4 nitrogen and oxygen atoms in total. The molecule has 1 aromatic rings. The lowest BCUT2D eigenvalue weighted by Gasteiger charge is -2.15. The van der Waals surface area contributed by atoms with Gasteiger partial charge in [0, 0.05) is 12.5 Å². The van der Waals surface area contributed by atoms with Crippen LogP contribution in [-0.4, -0.2) is 24.0 Å². The molecule has 0 N–H and O–H groups in total. The van der Waals surface area contributed by atoms with Crippen LogP contribution < -0.4 is 4.90 Å². The van der Waals surface area contributed by atoms with Crippen molar-refractivity contribution in [2.24, 2.45) is 0 Å². The molecule has 0 saturated carbocycles. The summed E-state index contributed by atoms with van der Waals surface area (Å²) in [6, 6.07) is 1.43. The fraction of sp³-hybridized carbons (Fsp3) is 0.308. The van der Waals surface area contributed by atoms with E-state index in [-0.39, 0.29) is 24.4 Å². The van der Waals surface area contributed by atoms with Gasteiger partial charge in [0.05, 0.1) is 17.8 Å². The molecule has 0 bridgehead atoms. The molecule has 0 atom stereocenters. The minimum Gasteiger partial charge on any atom is -0.298 e. The molecule has 2 rings (SSSR count). The summed E-state index contributed by atoms with van der Waals surface area (Å²) in [5, 5.41) is 0. The second-order valence-corrected chi connectivity index (χ2v) is 4.29. The number of ketones is 2. The largest absolute Gasteiger partial charge is 0.300 e. The summed E-state index contributed by atoms with van der Waals surface area (Å²) in [4.78, 5) is 35.7. The molecule has 19 heavy (non-hydrogen) atoms. The molecule has 0 radical (unpaired) electrons. The number of amides is 1. The minimum atomic E-state index is -1.08. The topological polar surface area (TPSA) is 54.5 Å². The number of hydrogen-bond acceptors (Lipinski definition) is 3. The van der Waals surface area contributed by atoms with Gasteiger partial charge >= 0.3 is 0 Å². The molecular weight excluding hydrogens is 256 g/mol. The van der Waals surface area contributed by atoms with Gasteiger partial charge in [0.1, 0.15) is 11.6 Å². The van der Waals surface area contributed by atoms with E-state index in [9.17, 15) is 23.2 Å². The number of benzene rings is 1. The summed E-state index contributed by atoms with van der Waals surface area (Å²) in [6.07, 6.45) is 0.838. The number of hydrogen-bond donors (Lipinski definition) is 0. The summed E-state index contributed by atoms with van der Waals surface area (Å²) in [5.41, 5.74) is -0.632. The monoisotopic (exact) mass is 267 g/mol. The summed E-state index contributed by atoms with van der Waals surface area (Å²) < 4.78 is 26.7. The Bertz CT molecular complexity index is 583. The predicted molar refractivity (Wildman–Crippen MR) is 63.0 cm³/mol. The molecule has 0 aliphatic carbocycles. The molecule has 1 aromatic carbocycles. The molecule has 0 fully saturated rings. The average molecular weight is 267 g/mol. The van der Waals surface area contributed by atoms with Gasteiger partial charge in [0.25, 0.3) is 11.7 Å². The Morgan fingerprint density at radius 3 is 2.58 bits per heavy atom. The van der Waals surface area contributed by atoms with Gasteiger partial charge in [-0.2, -0.15) is 0 Å². The van der Waals surface area contributed by atoms with E-state index in [0.29, 0.717) is 12.5 Å². The van der Waals surface area contributed by atoms with Crippen LogP contribution in [0, 0.1) is 11.6 Å². The van der Waals surface area contributed by atoms with Crippen molar-refractivity contribution >= 4 is 23.2 Å². The number of Topliss-reactive ketones (excluding diaryl/α,β-unsaturated/α-hetero) is 2. The summed E-state index contributed by atoms with van der Waals surface area (Å²) in [6.45, 7) is 1.45. The minimum absolute atomic E-state index is 0.169. The highest BCUT2D eigenvalue weighted by molar-refractivity contribution is 6.52. The van der Waals surface area contributed by atoms with Gasteiger partial charge in [-0.25, -0.2) is 8.78 Å². The number of rotatable bonds is 4. The van der Waals surface area contributed by atoms with Crippen LogP contribution in [0.15, 0.2) is 12.1 Å². The SMILES string of the molecule is CCCC(=O)CN1C(=O)C(=O)c2c(F)cc(F)cc21. The molecule has 0 spiro atoms. The lowest BCUT2D eigenvalue weighted by Crippen LogP contribution is -2.34. The molecule has 1 heterocycles. The standard InChI is InChI=1S/C13H11F2NO3/c1-2-3-8(17)6-16-10-5-7(14)4-9(15)11(10)12(18)13(16)19/h4-5H,2-3,6H2,1H3. The molecule has 100 valence electrons. The number of halogens is 2. The van der Waals surface area contributed by atoms with E-state index in [2.05, 4.69) is 0 Å². The zero-order valence-corrected chi connectivity index (χ0v) is 10.2. The highest BCUT2D eigenvalue weighted by Crippen LogP contribution is 2.31. The number of fused-ring (bicyclic) bond motifs is 1. The van der Waals surface area contributed by atoms with Crippen LogP contribution in [0.25, 0.3) is 0 Å². The molecular formula is C13H11F2NO3. The third-order valence-corrected chi connectivity index (χ3v) is 2.85. The first kappa shape index (κ1) is 13.3. The van der Waals surface area contributed by atoms with Gasteiger partial charge < -0.3 is 0 Å². The average Bonchev–Trinajstić information content (AvgIpc) is 2.54. The van der Waals surface area contributed by atoms with Gasteiger partial charge in [0.2, 0.25) is 0 Å². The van der Waals surface area contributed by atoms with Crippen molar-refractivity contribution in [3.8, 4) is 0 Å². The maximum atomic E-state index is 13.5. The smallest absolute Gasteiger partial charge is 0.298 e. The van der Waals surface area contributed by atoms with Crippen molar-refractivity contribution in [2.75, 3.05) is 11.4 Å². The van der Waals surface area contributed by atoms with Crippen LogP contribution in [0.4, 0.5) is 14.5 Å². The number of carbonyl (C=O) groups is 3. The van der Waals surface area contributed by atoms with E-state index in [1.165, 1.54) is 0 Å². The van der Waals surface area contributed by atoms with E-state index < -0.39 is 28.9 Å². The van der Waals surface area contributed by atoms with Crippen LogP contribution >= 0.6 is 0 Å². The summed E-state index contributed by atoms with van der Waals surface area (Å²) in [7, 11) is 0. The predicted octanol–water partition coefficient (Wildman–Crippen LogP) is 1.86. The fourth-order valence-corrected chi connectivity index (χ4v) is 2.03. The number of anilines is 1. The van der Waals surface area contributed by atoms with Crippen molar-refractivity contribution in [3.63, 3.8) is 0 Å². The van der Waals surface area contributed by atoms with E-state index in [1.807, 2.05) is 0 Å². The van der Waals surface area contributed by atoms with Gasteiger partial charge in [-0.3, -0.25) is 19.3 Å². The fourth-order valence-electron chi connectivity index (χ4n) is 2.03. The molecule has 0 unspecified atom stereocenters. The van der Waals surface area contributed by atoms with Crippen molar-refractivity contribution in [1.82, 2.24) is 0 Å². The van der Waals surface area contributed by atoms with Crippen LogP contribution in [-0.2, 0) is 9.59 Å². The molecule has 6 heteroatoms. The van der Waals surface area contributed by atoms with Crippen molar-refractivity contribution in [2.45, 2.75) is 19.8 Å². The first-order valence-corrected chi connectivity index (χ1v) is 5.82. The third-order valence-electron chi connectivity index (χ3n) is 2.85. The molecule has 1 aliphatic heterocycles. The molecule has 0 saturated heterocycles. The summed E-state index contributed by atoms with van der Waals surface area (Å²) in [5.74, 6) is -4.28. The first-order valence-electron chi connectivity index (χ1n) is 5.82. The molecule has 1 amide bonds. The highest BCUT2D eigenvalue weighted by atomic mass is 19.1. The third kappa shape index (κ3) is 2.25. The Hall–Kier alpha value is -2.11. The van der Waals surface area contributed by atoms with Gasteiger partial charge in [-0.1, -0.05) is 6.92 Å². The Kier molecular flexibility index (Phi) is 3.42. The van der Waals surface area contributed by atoms with Gasteiger partial charge in [-0.05, 0) is 12.5 Å². The van der Waals surface area contributed by atoms with E-state index in [0.717, 1.165) is 11.0 Å². The van der Waals surface area contributed by atoms with Crippen LogP contribution in [0.3, 0.4) is 0 Å². The molecule has 1 aliphatic rings. The lowest BCUT2D eigenvalue weighted by atomic mass is 10.1. The lowest BCUT2D eigenvalue weighted by molar-refractivity contribution is -0.120. The van der Waals surface area contributed by atoms with E-state index in [1.54, 1.807) is 6.92 Å². The normalized spacial score (nSPS) is 13.9. The first-order chi connectivity index (χ1) is 8.95. The van der Waals surface area contributed by atoms with Crippen molar-refractivity contribution in [1.29, 1.82) is 0 Å². The van der Waals surface area contributed by atoms with Crippen molar-refractivity contribution < 1.29 is 23.2 Å². The Morgan fingerprint density at radius 2 is 1.95 bits per heavy atom. The second-order valence-electron chi connectivity index (χ2n) is 4.29. The zero-order valence-electron chi connectivity index (χ0n) is 10.2. The van der Waals surface area contributed by atoms with Crippen LogP contribution in [0.2, 0.25) is 0 Å². The maximum absolute atomic E-state index is 13.5. The summed E-state index contributed by atoms with van der Waals surface area (Å²) >= 11 is 0. The number of carbonyl (C=O) groups excluding carboxylic acids is 3. The van der Waals surface area contributed by atoms with Gasteiger partial charge in [0.15, 0.2) is 5.78 Å². The Balaban J connectivity index is 2.41. The zero-order chi connectivity index (χ0) is 14.2. The highest BCUT2D eigenvalue weighted by Gasteiger charge is 2.39.